The largest absolute Gasteiger partial charge is 0.481 e. The molecule has 0 atom stereocenters. The third kappa shape index (κ3) is 3.74. The maximum atomic E-state index is 5.66. The molecule has 22 heavy (non-hydrogen) atoms. The number of aryl methyl sites for hydroxylation is 1. The normalized spacial score (nSPS) is 15.1. The van der Waals surface area contributed by atoms with Crippen molar-refractivity contribution < 1.29 is 4.74 Å². The molecule has 0 spiro atoms. The second-order valence-electron chi connectivity index (χ2n) is 6.00. The maximum absolute atomic E-state index is 5.66. The van der Waals surface area contributed by atoms with Crippen LogP contribution in [0.15, 0.2) is 42.6 Å². The Labute approximate surface area is 133 Å². The van der Waals surface area contributed by atoms with Gasteiger partial charge in [0.05, 0.1) is 5.69 Å². The van der Waals surface area contributed by atoms with E-state index in [-0.39, 0.29) is 0 Å². The molecule has 1 saturated carbocycles. The Bertz CT molecular complexity index is 651. The van der Waals surface area contributed by atoms with Crippen molar-refractivity contribution in [3.05, 3.63) is 53.9 Å². The van der Waals surface area contributed by atoms with Gasteiger partial charge in [0.1, 0.15) is 12.4 Å². The van der Waals surface area contributed by atoms with Crippen LogP contribution >= 0.6 is 0 Å². The second-order valence-corrected chi connectivity index (χ2v) is 6.00. The van der Waals surface area contributed by atoms with Gasteiger partial charge in [-0.25, -0.2) is 0 Å². The Hall–Kier alpha value is -2.14. The van der Waals surface area contributed by atoms with Gasteiger partial charge in [-0.3, -0.25) is 0 Å². The predicted molar refractivity (Wildman–Crippen MR) is 90.1 cm³/mol. The van der Waals surface area contributed by atoms with Crippen LogP contribution in [0, 0.1) is 18.8 Å². The number of hydrogen-bond donors (Lipinski definition) is 0. The van der Waals surface area contributed by atoms with Gasteiger partial charge in [-0.1, -0.05) is 42.9 Å². The quantitative estimate of drug-likeness (QED) is 0.746. The molecular formula is C20H23NO. The molecule has 0 bridgehead atoms. The first-order valence-electron chi connectivity index (χ1n) is 8.18. The van der Waals surface area contributed by atoms with Crippen LogP contribution in [0.3, 0.4) is 0 Å². The summed E-state index contributed by atoms with van der Waals surface area (Å²) in [5.41, 5.74) is 2.35. The molecular weight excluding hydrogens is 270 g/mol. The van der Waals surface area contributed by atoms with E-state index in [9.17, 15) is 0 Å². The van der Waals surface area contributed by atoms with Crippen molar-refractivity contribution in [1.82, 2.24) is 4.57 Å². The first-order chi connectivity index (χ1) is 10.8. The lowest BCUT2D eigenvalue weighted by Gasteiger charge is -2.24. The summed E-state index contributed by atoms with van der Waals surface area (Å²) >= 11 is 0. The maximum Gasteiger partial charge on any atom is 0.149 e. The van der Waals surface area contributed by atoms with Gasteiger partial charge in [-0.05, 0) is 50.0 Å². The molecule has 1 fully saturated rings. The van der Waals surface area contributed by atoms with Crippen LogP contribution in [0.4, 0.5) is 0 Å². The third-order valence-corrected chi connectivity index (χ3v) is 4.30. The standard InChI is InChI=1S/C20H23NO/c1-17-11-13-20(14-12-17)22-16-6-10-19-9-5-15-21(19)18-7-3-2-4-8-18/h5,9,11-15,18H,2-4,7-8,16H2,1H3. The van der Waals surface area contributed by atoms with Crippen molar-refractivity contribution in [1.29, 1.82) is 0 Å². The smallest absolute Gasteiger partial charge is 0.149 e. The first kappa shape index (κ1) is 14.8. The highest BCUT2D eigenvalue weighted by atomic mass is 16.5. The minimum absolute atomic E-state index is 0.429. The molecule has 0 unspecified atom stereocenters. The Morgan fingerprint density at radius 3 is 2.64 bits per heavy atom. The van der Waals surface area contributed by atoms with E-state index in [0.717, 1.165) is 11.4 Å². The minimum Gasteiger partial charge on any atom is -0.481 e. The van der Waals surface area contributed by atoms with Crippen molar-refractivity contribution in [2.75, 3.05) is 6.61 Å². The number of nitrogens with zero attached hydrogens (tertiary/aromatic N) is 1. The summed E-state index contributed by atoms with van der Waals surface area (Å²) in [6.07, 6.45) is 8.79. The van der Waals surface area contributed by atoms with Crippen molar-refractivity contribution in [3.63, 3.8) is 0 Å². The zero-order valence-electron chi connectivity index (χ0n) is 13.2. The fraction of sp³-hybridized carbons (Fsp3) is 0.400. The molecule has 2 aromatic rings. The van der Waals surface area contributed by atoms with Crippen molar-refractivity contribution in [3.8, 4) is 17.6 Å². The highest BCUT2D eigenvalue weighted by Gasteiger charge is 2.15. The van der Waals surface area contributed by atoms with Crippen molar-refractivity contribution in [2.24, 2.45) is 0 Å². The summed E-state index contributed by atoms with van der Waals surface area (Å²) in [5, 5.41) is 0. The van der Waals surface area contributed by atoms with Crippen LogP contribution in [0.1, 0.15) is 49.4 Å². The molecule has 1 aliphatic carbocycles. The summed E-state index contributed by atoms with van der Waals surface area (Å²) in [6.45, 7) is 2.50. The van der Waals surface area contributed by atoms with Gasteiger partial charge in [-0.2, -0.15) is 0 Å². The van der Waals surface area contributed by atoms with E-state index in [4.69, 9.17) is 4.74 Å². The van der Waals surface area contributed by atoms with E-state index >= 15 is 0 Å². The molecule has 2 heteroatoms. The lowest BCUT2D eigenvalue weighted by atomic mass is 9.95. The Kier molecular flexibility index (Phi) is 4.85. The van der Waals surface area contributed by atoms with Gasteiger partial charge in [0.15, 0.2) is 0 Å². The molecule has 1 aliphatic rings. The zero-order chi connectivity index (χ0) is 15.2. The van der Waals surface area contributed by atoms with Gasteiger partial charge in [0, 0.05) is 12.2 Å². The highest BCUT2D eigenvalue weighted by molar-refractivity contribution is 5.31. The molecule has 114 valence electrons. The Balaban J connectivity index is 1.59. The summed E-state index contributed by atoms with van der Waals surface area (Å²) in [4.78, 5) is 0. The second kappa shape index (κ2) is 7.22. The van der Waals surface area contributed by atoms with E-state index in [1.165, 1.54) is 37.7 Å². The van der Waals surface area contributed by atoms with E-state index in [1.54, 1.807) is 0 Å². The predicted octanol–water partition coefficient (Wildman–Crippen LogP) is 4.73. The Morgan fingerprint density at radius 1 is 1.09 bits per heavy atom. The SMILES string of the molecule is Cc1ccc(OCC#Cc2cccn2C2CCCCC2)cc1. The van der Waals surface area contributed by atoms with Gasteiger partial charge in [0.25, 0.3) is 0 Å². The van der Waals surface area contributed by atoms with E-state index in [1.807, 2.05) is 12.1 Å². The zero-order valence-corrected chi connectivity index (χ0v) is 13.2. The fourth-order valence-corrected chi connectivity index (χ4v) is 3.06. The average molecular weight is 293 g/mol. The van der Waals surface area contributed by atoms with Crippen molar-refractivity contribution >= 4 is 0 Å². The number of rotatable bonds is 3. The van der Waals surface area contributed by atoms with E-state index < -0.39 is 0 Å². The molecule has 0 N–H and O–H groups in total. The van der Waals surface area contributed by atoms with Crippen LogP contribution in [-0.2, 0) is 0 Å². The first-order valence-corrected chi connectivity index (χ1v) is 8.18. The Morgan fingerprint density at radius 2 is 1.86 bits per heavy atom. The number of aromatic nitrogens is 1. The number of hydrogen-bond acceptors (Lipinski definition) is 1. The van der Waals surface area contributed by atoms with Crippen LogP contribution in [0.5, 0.6) is 5.75 Å². The van der Waals surface area contributed by atoms with Crippen LogP contribution in [-0.4, -0.2) is 11.2 Å². The number of ether oxygens (including phenoxy) is 1. The summed E-state index contributed by atoms with van der Waals surface area (Å²) in [6, 6.07) is 12.9. The van der Waals surface area contributed by atoms with Crippen LogP contribution in [0.2, 0.25) is 0 Å². The fourth-order valence-electron chi connectivity index (χ4n) is 3.06. The third-order valence-electron chi connectivity index (χ3n) is 4.30. The molecule has 0 saturated heterocycles. The van der Waals surface area contributed by atoms with Gasteiger partial charge in [0.2, 0.25) is 0 Å². The molecule has 0 radical (unpaired) electrons. The van der Waals surface area contributed by atoms with Gasteiger partial charge < -0.3 is 9.30 Å². The molecule has 0 amide bonds. The van der Waals surface area contributed by atoms with Gasteiger partial charge in [-0.15, -0.1) is 0 Å². The average Bonchev–Trinajstić information content (AvgIpc) is 3.02. The molecule has 1 heterocycles. The lowest BCUT2D eigenvalue weighted by Crippen LogP contribution is -2.13. The summed E-state index contributed by atoms with van der Waals surface area (Å²) < 4.78 is 8.01. The molecule has 1 aromatic carbocycles. The van der Waals surface area contributed by atoms with E-state index in [2.05, 4.69) is 53.8 Å². The minimum atomic E-state index is 0.429. The van der Waals surface area contributed by atoms with E-state index in [0.29, 0.717) is 12.6 Å². The van der Waals surface area contributed by atoms with Crippen LogP contribution in [0.25, 0.3) is 0 Å². The highest BCUT2D eigenvalue weighted by Crippen LogP contribution is 2.29. The molecule has 0 aliphatic heterocycles. The molecule has 2 nitrogen and oxygen atoms in total. The van der Waals surface area contributed by atoms with Crippen LogP contribution < -0.4 is 4.74 Å². The summed E-state index contributed by atoms with van der Waals surface area (Å²) in [7, 11) is 0. The number of benzene rings is 1. The topological polar surface area (TPSA) is 14.2 Å². The lowest BCUT2D eigenvalue weighted by molar-refractivity contribution is 0.352. The monoisotopic (exact) mass is 293 g/mol. The molecule has 3 rings (SSSR count). The van der Waals surface area contributed by atoms with Gasteiger partial charge >= 0.3 is 0 Å². The van der Waals surface area contributed by atoms with Crippen molar-refractivity contribution in [2.45, 2.75) is 45.1 Å². The molecule has 1 aromatic heterocycles. The summed E-state index contributed by atoms with van der Waals surface area (Å²) in [5.74, 6) is 7.27.